The molecule has 0 atom stereocenters. The minimum Gasteiger partial charge on any atom is -0.494 e. The van der Waals surface area contributed by atoms with Crippen LogP contribution in [0.15, 0.2) is 24.3 Å². The van der Waals surface area contributed by atoms with E-state index in [4.69, 9.17) is 9.47 Å². The van der Waals surface area contributed by atoms with Gasteiger partial charge in [-0.25, -0.2) is 0 Å². The summed E-state index contributed by atoms with van der Waals surface area (Å²) < 4.78 is 11.1. The summed E-state index contributed by atoms with van der Waals surface area (Å²) in [5.41, 5.74) is 1.37. The van der Waals surface area contributed by atoms with E-state index in [9.17, 15) is 0 Å². The maximum absolute atomic E-state index is 5.79. The summed E-state index contributed by atoms with van der Waals surface area (Å²) in [5, 5.41) is 0. The Bertz CT molecular complexity index is 369. The molecule has 1 fully saturated rings. The largest absolute Gasteiger partial charge is 0.494 e. The SMILES string of the molecule is CC(C)c1ccc(OCCCCN2CCOCC2)cc1. The third-order valence-corrected chi connectivity index (χ3v) is 3.79. The van der Waals surface area contributed by atoms with Crippen molar-refractivity contribution in [1.29, 1.82) is 0 Å². The van der Waals surface area contributed by atoms with Gasteiger partial charge >= 0.3 is 0 Å². The summed E-state index contributed by atoms with van der Waals surface area (Å²) >= 11 is 0. The van der Waals surface area contributed by atoms with Gasteiger partial charge in [-0.15, -0.1) is 0 Å². The Morgan fingerprint density at radius 1 is 1.10 bits per heavy atom. The third-order valence-electron chi connectivity index (χ3n) is 3.79. The van der Waals surface area contributed by atoms with Crippen molar-refractivity contribution in [1.82, 2.24) is 4.90 Å². The zero-order valence-electron chi connectivity index (χ0n) is 12.8. The van der Waals surface area contributed by atoms with Gasteiger partial charge in [0.25, 0.3) is 0 Å². The second kappa shape index (κ2) is 8.28. The molecule has 0 amide bonds. The minimum absolute atomic E-state index is 0.581. The fourth-order valence-electron chi connectivity index (χ4n) is 2.40. The van der Waals surface area contributed by atoms with Gasteiger partial charge in [0.2, 0.25) is 0 Å². The second-order valence-electron chi connectivity index (χ2n) is 5.73. The molecule has 1 aliphatic heterocycles. The average molecular weight is 277 g/mol. The normalized spacial score (nSPS) is 16.6. The highest BCUT2D eigenvalue weighted by atomic mass is 16.5. The zero-order valence-corrected chi connectivity index (χ0v) is 12.8. The van der Waals surface area contributed by atoms with Crippen LogP contribution in [0.3, 0.4) is 0 Å². The van der Waals surface area contributed by atoms with Gasteiger partial charge in [0, 0.05) is 13.1 Å². The highest BCUT2D eigenvalue weighted by molar-refractivity contribution is 5.28. The standard InChI is InChI=1S/C17H27NO2/c1-15(2)16-5-7-17(8-6-16)20-12-4-3-9-18-10-13-19-14-11-18/h5-8,15H,3-4,9-14H2,1-2H3. The molecule has 1 aromatic rings. The molecule has 112 valence electrons. The Hall–Kier alpha value is -1.06. The van der Waals surface area contributed by atoms with E-state index in [-0.39, 0.29) is 0 Å². The lowest BCUT2D eigenvalue weighted by Gasteiger charge is -2.26. The number of hydrogen-bond acceptors (Lipinski definition) is 3. The van der Waals surface area contributed by atoms with Gasteiger partial charge in [-0.2, -0.15) is 0 Å². The summed E-state index contributed by atoms with van der Waals surface area (Å²) in [4.78, 5) is 2.47. The molecule has 0 aromatic heterocycles. The van der Waals surface area contributed by atoms with Crippen molar-refractivity contribution in [2.45, 2.75) is 32.6 Å². The Labute approximate surface area is 122 Å². The van der Waals surface area contributed by atoms with Gasteiger partial charge in [0.05, 0.1) is 19.8 Å². The first-order valence-corrected chi connectivity index (χ1v) is 7.78. The van der Waals surface area contributed by atoms with E-state index in [0.717, 1.165) is 45.1 Å². The molecule has 1 aromatic carbocycles. The maximum Gasteiger partial charge on any atom is 0.119 e. The van der Waals surface area contributed by atoms with E-state index in [1.54, 1.807) is 0 Å². The summed E-state index contributed by atoms with van der Waals surface area (Å²) in [5.74, 6) is 1.57. The van der Waals surface area contributed by atoms with E-state index in [1.807, 2.05) is 0 Å². The lowest BCUT2D eigenvalue weighted by Crippen LogP contribution is -2.36. The first kappa shape index (κ1) is 15.3. The number of ether oxygens (including phenoxy) is 2. The van der Waals surface area contributed by atoms with Crippen LogP contribution in [0.25, 0.3) is 0 Å². The number of hydrogen-bond donors (Lipinski definition) is 0. The van der Waals surface area contributed by atoms with Crippen molar-refractivity contribution in [3.63, 3.8) is 0 Å². The lowest BCUT2D eigenvalue weighted by atomic mass is 10.0. The monoisotopic (exact) mass is 277 g/mol. The molecule has 3 heteroatoms. The third kappa shape index (κ3) is 5.14. The Balaban J connectivity index is 1.58. The van der Waals surface area contributed by atoms with Crippen LogP contribution in [0.2, 0.25) is 0 Å². The predicted octanol–water partition coefficient (Wildman–Crippen LogP) is 3.30. The van der Waals surface area contributed by atoms with E-state index in [1.165, 1.54) is 18.5 Å². The van der Waals surface area contributed by atoms with Crippen molar-refractivity contribution < 1.29 is 9.47 Å². The second-order valence-corrected chi connectivity index (χ2v) is 5.73. The van der Waals surface area contributed by atoms with Crippen LogP contribution >= 0.6 is 0 Å². The molecule has 3 nitrogen and oxygen atoms in total. The molecule has 0 bridgehead atoms. The predicted molar refractivity (Wildman–Crippen MR) is 82.5 cm³/mol. The van der Waals surface area contributed by atoms with Gasteiger partial charge in [-0.1, -0.05) is 26.0 Å². The first-order chi connectivity index (χ1) is 9.75. The number of benzene rings is 1. The summed E-state index contributed by atoms with van der Waals surface area (Å²) in [6, 6.07) is 8.48. The van der Waals surface area contributed by atoms with Crippen LogP contribution in [0.4, 0.5) is 0 Å². The fraction of sp³-hybridized carbons (Fsp3) is 0.647. The molecule has 2 rings (SSSR count). The minimum atomic E-state index is 0.581. The summed E-state index contributed by atoms with van der Waals surface area (Å²) in [7, 11) is 0. The van der Waals surface area contributed by atoms with Crippen molar-refractivity contribution >= 4 is 0 Å². The van der Waals surface area contributed by atoms with Crippen molar-refractivity contribution in [3.05, 3.63) is 29.8 Å². The van der Waals surface area contributed by atoms with E-state index in [2.05, 4.69) is 43.0 Å². The molecule has 0 unspecified atom stereocenters. The Morgan fingerprint density at radius 2 is 1.80 bits per heavy atom. The number of morpholine rings is 1. The van der Waals surface area contributed by atoms with Crippen LogP contribution in [-0.4, -0.2) is 44.4 Å². The van der Waals surface area contributed by atoms with Crippen LogP contribution in [0, 0.1) is 0 Å². The molecular formula is C17H27NO2. The first-order valence-electron chi connectivity index (χ1n) is 7.78. The molecule has 0 N–H and O–H groups in total. The highest BCUT2D eigenvalue weighted by Crippen LogP contribution is 2.18. The van der Waals surface area contributed by atoms with Crippen LogP contribution in [0.1, 0.15) is 38.2 Å². The van der Waals surface area contributed by atoms with Crippen molar-refractivity contribution in [2.75, 3.05) is 39.5 Å². The molecule has 0 spiro atoms. The molecular weight excluding hydrogens is 250 g/mol. The van der Waals surface area contributed by atoms with Gasteiger partial charge in [-0.05, 0) is 43.0 Å². The Morgan fingerprint density at radius 3 is 2.45 bits per heavy atom. The van der Waals surface area contributed by atoms with E-state index < -0.39 is 0 Å². The molecule has 1 saturated heterocycles. The molecule has 1 heterocycles. The summed E-state index contributed by atoms with van der Waals surface area (Å²) in [6.07, 6.45) is 2.31. The molecule has 0 radical (unpaired) electrons. The van der Waals surface area contributed by atoms with Crippen LogP contribution < -0.4 is 4.74 Å². The molecule has 0 saturated carbocycles. The van der Waals surface area contributed by atoms with Crippen LogP contribution in [-0.2, 0) is 4.74 Å². The quantitative estimate of drug-likeness (QED) is 0.714. The topological polar surface area (TPSA) is 21.7 Å². The zero-order chi connectivity index (χ0) is 14.2. The lowest BCUT2D eigenvalue weighted by molar-refractivity contribution is 0.0368. The fourth-order valence-corrected chi connectivity index (χ4v) is 2.40. The number of rotatable bonds is 7. The molecule has 0 aliphatic carbocycles. The average Bonchev–Trinajstić information content (AvgIpc) is 2.48. The van der Waals surface area contributed by atoms with E-state index >= 15 is 0 Å². The van der Waals surface area contributed by atoms with Gasteiger partial charge in [-0.3, -0.25) is 4.90 Å². The summed E-state index contributed by atoms with van der Waals surface area (Å²) in [6.45, 7) is 10.3. The molecule has 1 aliphatic rings. The Kier molecular flexibility index (Phi) is 6.34. The van der Waals surface area contributed by atoms with Crippen molar-refractivity contribution in [2.24, 2.45) is 0 Å². The van der Waals surface area contributed by atoms with Gasteiger partial charge in [0.15, 0.2) is 0 Å². The maximum atomic E-state index is 5.79. The number of unbranched alkanes of at least 4 members (excludes halogenated alkanes) is 1. The highest BCUT2D eigenvalue weighted by Gasteiger charge is 2.09. The van der Waals surface area contributed by atoms with Gasteiger partial charge < -0.3 is 9.47 Å². The smallest absolute Gasteiger partial charge is 0.119 e. The number of nitrogens with zero attached hydrogens (tertiary/aromatic N) is 1. The van der Waals surface area contributed by atoms with Crippen LogP contribution in [0.5, 0.6) is 5.75 Å². The molecule has 20 heavy (non-hydrogen) atoms. The van der Waals surface area contributed by atoms with E-state index in [0.29, 0.717) is 5.92 Å². The van der Waals surface area contributed by atoms with Crippen molar-refractivity contribution in [3.8, 4) is 5.75 Å². The van der Waals surface area contributed by atoms with Gasteiger partial charge in [0.1, 0.15) is 5.75 Å².